The van der Waals surface area contributed by atoms with Crippen LogP contribution in [0.5, 0.6) is 5.75 Å². The Bertz CT molecular complexity index is 624. The van der Waals surface area contributed by atoms with Gasteiger partial charge in [-0.2, -0.15) is 5.10 Å². The van der Waals surface area contributed by atoms with Gasteiger partial charge in [-0.05, 0) is 25.1 Å². The van der Waals surface area contributed by atoms with E-state index in [4.69, 9.17) is 4.74 Å². The molecular formula is C14H15FN2O2. The minimum atomic E-state index is -0.718. The minimum absolute atomic E-state index is 0.248. The molecule has 0 saturated carbocycles. The largest absolute Gasteiger partial charge is 0.485 e. The normalized spacial score (nSPS) is 21.9. The highest BCUT2D eigenvalue weighted by atomic mass is 19.1. The molecule has 1 aromatic carbocycles. The topological polar surface area (TPSA) is 47.3 Å². The third-order valence-corrected chi connectivity index (χ3v) is 3.44. The fourth-order valence-corrected chi connectivity index (χ4v) is 2.54. The Morgan fingerprint density at radius 2 is 2.21 bits per heavy atom. The Morgan fingerprint density at radius 3 is 2.89 bits per heavy atom. The van der Waals surface area contributed by atoms with E-state index in [-0.39, 0.29) is 11.9 Å². The number of nitrogens with zero attached hydrogens (tertiary/aromatic N) is 2. The first-order chi connectivity index (χ1) is 9.04. The van der Waals surface area contributed by atoms with E-state index in [1.54, 1.807) is 10.7 Å². The highest BCUT2D eigenvalue weighted by Crippen LogP contribution is 2.41. The van der Waals surface area contributed by atoms with E-state index in [1.807, 2.05) is 20.2 Å². The number of hydrogen-bond acceptors (Lipinski definition) is 3. The van der Waals surface area contributed by atoms with Crippen molar-refractivity contribution in [1.29, 1.82) is 0 Å². The number of fused-ring (bicyclic) bond motifs is 1. The van der Waals surface area contributed by atoms with Gasteiger partial charge in [0.2, 0.25) is 0 Å². The second-order valence-corrected chi connectivity index (χ2v) is 4.88. The van der Waals surface area contributed by atoms with Gasteiger partial charge in [-0.15, -0.1) is 0 Å². The van der Waals surface area contributed by atoms with Crippen LogP contribution in [0.1, 0.15) is 35.4 Å². The highest BCUT2D eigenvalue weighted by molar-refractivity contribution is 5.39. The average Bonchev–Trinajstić information content (AvgIpc) is 2.69. The van der Waals surface area contributed by atoms with Crippen molar-refractivity contribution in [2.24, 2.45) is 7.05 Å². The molecule has 5 heteroatoms. The highest BCUT2D eigenvalue weighted by Gasteiger charge is 2.30. The van der Waals surface area contributed by atoms with Crippen LogP contribution >= 0.6 is 0 Å². The molecule has 1 aliphatic rings. The van der Waals surface area contributed by atoms with Crippen molar-refractivity contribution in [1.82, 2.24) is 9.78 Å². The van der Waals surface area contributed by atoms with E-state index in [0.717, 1.165) is 11.3 Å². The van der Waals surface area contributed by atoms with Crippen LogP contribution in [-0.4, -0.2) is 14.9 Å². The van der Waals surface area contributed by atoms with Gasteiger partial charge in [-0.25, -0.2) is 4.39 Å². The Morgan fingerprint density at radius 1 is 1.42 bits per heavy atom. The zero-order valence-corrected chi connectivity index (χ0v) is 10.8. The Labute approximate surface area is 110 Å². The number of rotatable bonds is 1. The standard InChI is InChI=1S/C14H15FN2O2/c1-8-11(7-17(2)16-8)14-6-12(18)10-5-9(15)3-4-13(10)19-14/h3-5,7,12,14,18H,6H2,1-2H3. The third-order valence-electron chi connectivity index (χ3n) is 3.44. The van der Waals surface area contributed by atoms with Crippen LogP contribution in [0.2, 0.25) is 0 Å². The lowest BCUT2D eigenvalue weighted by Gasteiger charge is -2.29. The number of benzene rings is 1. The fourth-order valence-electron chi connectivity index (χ4n) is 2.54. The Hall–Kier alpha value is -1.88. The minimum Gasteiger partial charge on any atom is -0.485 e. The first-order valence-electron chi connectivity index (χ1n) is 6.19. The third kappa shape index (κ3) is 2.10. The summed E-state index contributed by atoms with van der Waals surface area (Å²) < 4.78 is 20.8. The molecule has 0 spiro atoms. The maximum atomic E-state index is 13.2. The van der Waals surface area contributed by atoms with Gasteiger partial charge in [-0.1, -0.05) is 0 Å². The smallest absolute Gasteiger partial charge is 0.130 e. The molecule has 2 unspecified atom stereocenters. The number of aliphatic hydroxyl groups is 1. The van der Waals surface area contributed by atoms with Crippen LogP contribution in [0, 0.1) is 12.7 Å². The van der Waals surface area contributed by atoms with E-state index in [1.165, 1.54) is 12.1 Å². The molecule has 2 heterocycles. The number of aryl methyl sites for hydroxylation is 2. The lowest BCUT2D eigenvalue weighted by molar-refractivity contribution is 0.0650. The summed E-state index contributed by atoms with van der Waals surface area (Å²) in [6.45, 7) is 1.91. The number of aliphatic hydroxyl groups excluding tert-OH is 1. The predicted molar refractivity (Wildman–Crippen MR) is 67.3 cm³/mol. The van der Waals surface area contributed by atoms with E-state index >= 15 is 0 Å². The van der Waals surface area contributed by atoms with Crippen LogP contribution in [-0.2, 0) is 7.05 Å². The van der Waals surface area contributed by atoms with Crippen molar-refractivity contribution in [3.63, 3.8) is 0 Å². The van der Waals surface area contributed by atoms with Gasteiger partial charge < -0.3 is 9.84 Å². The summed E-state index contributed by atoms with van der Waals surface area (Å²) in [7, 11) is 1.85. The molecule has 0 aliphatic carbocycles. The van der Waals surface area contributed by atoms with Crippen molar-refractivity contribution < 1.29 is 14.2 Å². The molecule has 0 fully saturated rings. The van der Waals surface area contributed by atoms with Gasteiger partial charge in [0.1, 0.15) is 17.7 Å². The first-order valence-corrected chi connectivity index (χ1v) is 6.19. The van der Waals surface area contributed by atoms with Gasteiger partial charge in [0.15, 0.2) is 0 Å². The number of aromatic nitrogens is 2. The maximum Gasteiger partial charge on any atom is 0.130 e. The van der Waals surface area contributed by atoms with Crippen LogP contribution in [0.4, 0.5) is 4.39 Å². The monoisotopic (exact) mass is 262 g/mol. The number of hydrogen-bond donors (Lipinski definition) is 1. The molecule has 4 nitrogen and oxygen atoms in total. The number of halogens is 1. The van der Waals surface area contributed by atoms with Gasteiger partial charge in [0.25, 0.3) is 0 Å². The van der Waals surface area contributed by atoms with Gasteiger partial charge >= 0.3 is 0 Å². The Balaban J connectivity index is 1.97. The molecule has 0 bridgehead atoms. The summed E-state index contributed by atoms with van der Waals surface area (Å²) in [5.41, 5.74) is 2.35. The molecule has 2 aromatic rings. The fraction of sp³-hybridized carbons (Fsp3) is 0.357. The average molecular weight is 262 g/mol. The van der Waals surface area contributed by atoms with Crippen molar-refractivity contribution in [3.05, 3.63) is 47.0 Å². The summed E-state index contributed by atoms with van der Waals surface area (Å²) in [5.74, 6) is 0.172. The summed E-state index contributed by atoms with van der Waals surface area (Å²) in [4.78, 5) is 0. The van der Waals surface area contributed by atoms with E-state index in [0.29, 0.717) is 17.7 Å². The molecule has 19 heavy (non-hydrogen) atoms. The molecule has 3 rings (SSSR count). The molecule has 1 aliphatic heterocycles. The van der Waals surface area contributed by atoms with Gasteiger partial charge in [0, 0.05) is 30.8 Å². The molecule has 1 aromatic heterocycles. The second-order valence-electron chi connectivity index (χ2n) is 4.88. The lowest BCUT2D eigenvalue weighted by Crippen LogP contribution is -2.19. The van der Waals surface area contributed by atoms with Gasteiger partial charge in [0.05, 0.1) is 11.8 Å². The Kier molecular flexibility index (Phi) is 2.78. The SMILES string of the molecule is Cc1nn(C)cc1C1CC(O)c2cc(F)ccc2O1. The summed E-state index contributed by atoms with van der Waals surface area (Å²) in [6, 6.07) is 4.22. The van der Waals surface area contributed by atoms with Gasteiger partial charge in [-0.3, -0.25) is 4.68 Å². The molecule has 100 valence electrons. The van der Waals surface area contributed by atoms with E-state index in [2.05, 4.69) is 5.10 Å². The summed E-state index contributed by atoms with van der Waals surface area (Å²) in [6.07, 6.45) is 1.33. The summed E-state index contributed by atoms with van der Waals surface area (Å²) in [5, 5.41) is 14.4. The predicted octanol–water partition coefficient (Wildman–Crippen LogP) is 2.42. The van der Waals surface area contributed by atoms with Crippen molar-refractivity contribution in [2.75, 3.05) is 0 Å². The zero-order chi connectivity index (χ0) is 13.6. The maximum absolute atomic E-state index is 13.2. The molecule has 0 amide bonds. The molecular weight excluding hydrogens is 247 g/mol. The molecule has 2 atom stereocenters. The van der Waals surface area contributed by atoms with E-state index in [9.17, 15) is 9.50 Å². The zero-order valence-electron chi connectivity index (χ0n) is 10.8. The summed E-state index contributed by atoms with van der Waals surface area (Å²) >= 11 is 0. The molecule has 1 N–H and O–H groups in total. The lowest BCUT2D eigenvalue weighted by atomic mass is 9.95. The van der Waals surface area contributed by atoms with Crippen molar-refractivity contribution in [2.45, 2.75) is 25.6 Å². The van der Waals surface area contributed by atoms with Crippen LogP contribution < -0.4 is 4.74 Å². The van der Waals surface area contributed by atoms with E-state index < -0.39 is 6.10 Å². The van der Waals surface area contributed by atoms with Crippen LogP contribution in [0.3, 0.4) is 0 Å². The molecule has 0 radical (unpaired) electrons. The van der Waals surface area contributed by atoms with Crippen LogP contribution in [0.15, 0.2) is 24.4 Å². The van der Waals surface area contributed by atoms with Crippen molar-refractivity contribution in [3.8, 4) is 5.75 Å². The molecule has 0 saturated heterocycles. The van der Waals surface area contributed by atoms with Crippen LogP contribution in [0.25, 0.3) is 0 Å². The van der Waals surface area contributed by atoms with Crippen molar-refractivity contribution >= 4 is 0 Å². The quantitative estimate of drug-likeness (QED) is 0.858. The second kappa shape index (κ2) is 4.35. The first kappa shape index (κ1) is 12.2. The number of ether oxygens (including phenoxy) is 1.